The molecule has 0 saturated carbocycles. The van der Waals surface area contributed by atoms with Gasteiger partial charge in [0.1, 0.15) is 0 Å². The SMILES string of the molecule is CNCC(=Cc1cc(C)cnc1F)B1OC(C)(C)C(C)(C)O1. The number of rotatable bonds is 4. The van der Waals surface area contributed by atoms with E-state index in [-0.39, 0.29) is 0 Å². The summed E-state index contributed by atoms with van der Waals surface area (Å²) in [5.74, 6) is -0.490. The van der Waals surface area contributed by atoms with Crippen molar-refractivity contribution in [2.24, 2.45) is 0 Å². The first kappa shape index (κ1) is 17.1. The third-order valence-electron chi connectivity index (χ3n) is 4.28. The summed E-state index contributed by atoms with van der Waals surface area (Å²) in [4.78, 5) is 3.76. The van der Waals surface area contributed by atoms with Crippen LogP contribution in [-0.2, 0) is 9.31 Å². The van der Waals surface area contributed by atoms with E-state index in [0.717, 1.165) is 11.0 Å². The van der Waals surface area contributed by atoms with Gasteiger partial charge >= 0.3 is 7.12 Å². The van der Waals surface area contributed by atoms with E-state index < -0.39 is 24.3 Å². The molecule has 1 aliphatic heterocycles. The van der Waals surface area contributed by atoms with Gasteiger partial charge < -0.3 is 14.6 Å². The number of pyridine rings is 1. The Morgan fingerprint density at radius 1 is 1.32 bits per heavy atom. The van der Waals surface area contributed by atoms with E-state index in [2.05, 4.69) is 10.3 Å². The molecule has 0 bridgehead atoms. The van der Waals surface area contributed by atoms with Crippen LogP contribution < -0.4 is 5.32 Å². The van der Waals surface area contributed by atoms with E-state index in [4.69, 9.17) is 9.31 Å². The molecule has 0 spiro atoms. The van der Waals surface area contributed by atoms with E-state index in [1.54, 1.807) is 12.1 Å². The van der Waals surface area contributed by atoms with Crippen LogP contribution in [0.5, 0.6) is 0 Å². The third kappa shape index (κ3) is 3.40. The van der Waals surface area contributed by atoms with Gasteiger partial charge in [-0.2, -0.15) is 4.39 Å². The van der Waals surface area contributed by atoms with Crippen molar-refractivity contribution in [2.75, 3.05) is 13.6 Å². The number of hydrogen-bond donors (Lipinski definition) is 1. The van der Waals surface area contributed by atoms with Crippen molar-refractivity contribution in [1.82, 2.24) is 10.3 Å². The molecule has 120 valence electrons. The minimum absolute atomic E-state index is 0.423. The molecule has 0 atom stereocenters. The molecule has 0 amide bonds. The second kappa shape index (κ2) is 6.10. The van der Waals surface area contributed by atoms with Crippen LogP contribution in [0.2, 0.25) is 0 Å². The maximum atomic E-state index is 13.9. The Labute approximate surface area is 132 Å². The fraction of sp³-hybridized carbons (Fsp3) is 0.562. The predicted molar refractivity (Wildman–Crippen MR) is 86.9 cm³/mol. The van der Waals surface area contributed by atoms with E-state index >= 15 is 0 Å². The largest absolute Gasteiger partial charge is 0.491 e. The van der Waals surface area contributed by atoms with Crippen molar-refractivity contribution >= 4 is 13.2 Å². The molecule has 1 aromatic rings. The van der Waals surface area contributed by atoms with Crippen LogP contribution in [-0.4, -0.2) is 36.9 Å². The fourth-order valence-electron chi connectivity index (χ4n) is 2.28. The molecule has 0 aliphatic carbocycles. The van der Waals surface area contributed by atoms with Crippen molar-refractivity contribution in [3.63, 3.8) is 0 Å². The summed E-state index contributed by atoms with van der Waals surface area (Å²) in [5.41, 5.74) is 1.35. The number of hydrogen-bond acceptors (Lipinski definition) is 4. The van der Waals surface area contributed by atoms with E-state index in [1.165, 1.54) is 6.20 Å². The van der Waals surface area contributed by atoms with Gasteiger partial charge in [0.2, 0.25) is 5.95 Å². The van der Waals surface area contributed by atoms with Gasteiger partial charge in [-0.15, -0.1) is 0 Å². The average Bonchev–Trinajstić information content (AvgIpc) is 2.62. The molecule has 0 unspecified atom stereocenters. The first-order valence-electron chi connectivity index (χ1n) is 7.49. The lowest BCUT2D eigenvalue weighted by Crippen LogP contribution is -2.41. The van der Waals surface area contributed by atoms with Crippen molar-refractivity contribution < 1.29 is 13.7 Å². The van der Waals surface area contributed by atoms with Crippen molar-refractivity contribution in [3.05, 3.63) is 34.8 Å². The zero-order valence-electron chi connectivity index (χ0n) is 14.2. The number of nitrogens with one attached hydrogen (secondary N) is 1. The Kier molecular flexibility index (Phi) is 4.75. The van der Waals surface area contributed by atoms with Crippen LogP contribution in [0.15, 0.2) is 17.7 Å². The average molecular weight is 306 g/mol. The van der Waals surface area contributed by atoms with Crippen molar-refractivity contribution in [3.8, 4) is 0 Å². The second-order valence-electron chi connectivity index (χ2n) is 6.73. The topological polar surface area (TPSA) is 43.4 Å². The zero-order chi connectivity index (χ0) is 16.5. The van der Waals surface area contributed by atoms with Gasteiger partial charge in [0.05, 0.1) is 11.2 Å². The highest BCUT2D eigenvalue weighted by molar-refractivity contribution is 6.55. The van der Waals surface area contributed by atoms with Crippen LogP contribution in [0.1, 0.15) is 38.8 Å². The Morgan fingerprint density at radius 3 is 2.45 bits per heavy atom. The standard InChI is InChI=1S/C16H24BFN2O2/c1-11-7-12(14(18)20-9-11)8-13(10-19-6)17-21-15(2,3)16(4,5)22-17/h7-9,19H,10H2,1-6H3. The monoisotopic (exact) mass is 306 g/mol. The molecule has 22 heavy (non-hydrogen) atoms. The minimum atomic E-state index is -0.502. The predicted octanol–water partition coefficient (Wildman–Crippen LogP) is 2.76. The quantitative estimate of drug-likeness (QED) is 0.686. The number of aromatic nitrogens is 1. The Hall–Kier alpha value is -1.24. The second-order valence-corrected chi connectivity index (χ2v) is 6.73. The van der Waals surface area contributed by atoms with E-state index in [9.17, 15) is 4.39 Å². The van der Waals surface area contributed by atoms with Gasteiger partial charge in [0.25, 0.3) is 0 Å². The molecular formula is C16H24BFN2O2. The number of likely N-dealkylation sites (N-methyl/N-ethyl adjacent to an activating group) is 1. The molecule has 6 heteroatoms. The highest BCUT2D eigenvalue weighted by Crippen LogP contribution is 2.38. The summed E-state index contributed by atoms with van der Waals surface area (Å²) in [6.07, 6.45) is 3.27. The van der Waals surface area contributed by atoms with Gasteiger partial charge in [0, 0.05) is 18.3 Å². The number of nitrogens with zero attached hydrogens (tertiary/aromatic N) is 1. The van der Waals surface area contributed by atoms with Crippen molar-refractivity contribution in [1.29, 1.82) is 0 Å². The Bertz CT molecular complexity index is 572. The van der Waals surface area contributed by atoms with Gasteiger partial charge in [-0.05, 0) is 58.8 Å². The van der Waals surface area contributed by atoms with Crippen LogP contribution in [0.4, 0.5) is 4.39 Å². The van der Waals surface area contributed by atoms with Crippen LogP contribution in [0.3, 0.4) is 0 Å². The molecule has 4 nitrogen and oxygen atoms in total. The third-order valence-corrected chi connectivity index (χ3v) is 4.28. The van der Waals surface area contributed by atoms with Gasteiger partial charge in [-0.25, -0.2) is 4.98 Å². The number of halogens is 1. The first-order chi connectivity index (χ1) is 10.2. The van der Waals surface area contributed by atoms with Gasteiger partial charge in [-0.1, -0.05) is 6.08 Å². The summed E-state index contributed by atoms with van der Waals surface area (Å²) in [6, 6.07) is 1.77. The fourth-order valence-corrected chi connectivity index (χ4v) is 2.28. The molecular weight excluding hydrogens is 282 g/mol. The molecule has 1 N–H and O–H groups in total. The zero-order valence-corrected chi connectivity index (χ0v) is 14.2. The lowest BCUT2D eigenvalue weighted by Gasteiger charge is -2.32. The van der Waals surface area contributed by atoms with Gasteiger partial charge in [0.15, 0.2) is 0 Å². The summed E-state index contributed by atoms with van der Waals surface area (Å²) in [7, 11) is 1.33. The highest BCUT2D eigenvalue weighted by atomic mass is 19.1. The highest BCUT2D eigenvalue weighted by Gasteiger charge is 2.52. The molecule has 1 aliphatic rings. The number of aryl methyl sites for hydroxylation is 1. The lowest BCUT2D eigenvalue weighted by atomic mass is 9.77. The molecule has 1 fully saturated rings. The van der Waals surface area contributed by atoms with Crippen LogP contribution >= 0.6 is 0 Å². The maximum Gasteiger partial charge on any atom is 0.491 e. The van der Waals surface area contributed by atoms with E-state index in [1.807, 2.05) is 41.7 Å². The molecule has 1 aromatic heterocycles. The summed E-state index contributed by atoms with van der Waals surface area (Å²) in [6.45, 7) is 10.4. The Morgan fingerprint density at radius 2 is 1.91 bits per heavy atom. The normalized spacial score (nSPS) is 20.5. The maximum absolute atomic E-state index is 13.9. The molecule has 2 rings (SSSR count). The van der Waals surface area contributed by atoms with Crippen LogP contribution in [0, 0.1) is 12.9 Å². The van der Waals surface area contributed by atoms with E-state index in [0.29, 0.717) is 12.1 Å². The Balaban J connectivity index is 2.35. The first-order valence-corrected chi connectivity index (χ1v) is 7.49. The minimum Gasteiger partial charge on any atom is -0.400 e. The lowest BCUT2D eigenvalue weighted by molar-refractivity contribution is 0.00578. The molecule has 0 aromatic carbocycles. The summed E-state index contributed by atoms with van der Waals surface area (Å²) >= 11 is 0. The van der Waals surface area contributed by atoms with Gasteiger partial charge in [-0.3, -0.25) is 0 Å². The van der Waals surface area contributed by atoms with Crippen LogP contribution in [0.25, 0.3) is 6.08 Å². The summed E-state index contributed by atoms with van der Waals surface area (Å²) in [5, 5.41) is 3.08. The smallest absolute Gasteiger partial charge is 0.400 e. The molecule has 2 heterocycles. The molecule has 1 saturated heterocycles. The van der Waals surface area contributed by atoms with Crippen molar-refractivity contribution in [2.45, 2.75) is 45.8 Å². The summed E-state index contributed by atoms with van der Waals surface area (Å²) < 4.78 is 26.0. The molecule has 0 radical (unpaired) electrons.